The van der Waals surface area contributed by atoms with Crippen LogP contribution in [0.1, 0.15) is 41.9 Å². The number of carbonyl (C=O) groups excluding carboxylic acids is 1. The molecule has 3 rings (SSSR count). The Morgan fingerprint density at radius 3 is 2.77 bits per heavy atom. The zero-order valence-corrected chi connectivity index (χ0v) is 14.1. The first-order valence-corrected chi connectivity index (χ1v) is 8.54. The van der Waals surface area contributed by atoms with E-state index < -0.39 is 24.2 Å². The maximum Gasteiger partial charge on any atom is 0.273 e. The van der Waals surface area contributed by atoms with Crippen molar-refractivity contribution in [2.45, 2.75) is 50.5 Å². The van der Waals surface area contributed by atoms with Crippen LogP contribution in [-0.2, 0) is 6.61 Å². The van der Waals surface area contributed by atoms with Crippen molar-refractivity contribution in [1.29, 1.82) is 0 Å². The third-order valence-electron chi connectivity index (χ3n) is 4.37. The van der Waals surface area contributed by atoms with Crippen molar-refractivity contribution in [2.75, 3.05) is 0 Å². The van der Waals surface area contributed by atoms with Crippen molar-refractivity contribution in [2.24, 2.45) is 0 Å². The maximum absolute atomic E-state index is 12.8. The van der Waals surface area contributed by atoms with E-state index in [1.165, 1.54) is 30.3 Å². The summed E-state index contributed by atoms with van der Waals surface area (Å²) in [4.78, 5) is 12.3. The molecule has 0 saturated heterocycles. The fourth-order valence-electron chi connectivity index (χ4n) is 2.90. The second-order valence-electron chi connectivity index (χ2n) is 6.34. The molecule has 2 aromatic rings. The van der Waals surface area contributed by atoms with Gasteiger partial charge in [-0.2, -0.15) is 0 Å². The number of hydrogen-bond donors (Lipinski definition) is 3. The summed E-state index contributed by atoms with van der Waals surface area (Å²) in [5, 5.41) is 26.3. The van der Waals surface area contributed by atoms with Crippen LogP contribution in [0.4, 0.5) is 4.39 Å². The van der Waals surface area contributed by atoms with Crippen LogP contribution in [0.3, 0.4) is 0 Å². The first-order valence-electron chi connectivity index (χ1n) is 8.54. The maximum atomic E-state index is 12.8. The molecule has 1 aliphatic rings. The summed E-state index contributed by atoms with van der Waals surface area (Å²) in [6, 6.07) is 6.44. The molecule has 3 N–H and O–H groups in total. The van der Waals surface area contributed by atoms with Crippen LogP contribution in [0, 0.1) is 5.82 Å². The number of rotatable bonds is 5. The molecule has 140 valence electrons. The van der Waals surface area contributed by atoms with Gasteiger partial charge in [-0.15, -0.1) is 0 Å². The number of hydrogen-bond acceptors (Lipinski definition) is 6. The van der Waals surface area contributed by atoms with Crippen LogP contribution in [0.25, 0.3) is 0 Å². The number of nitrogens with one attached hydrogen (secondary N) is 1. The van der Waals surface area contributed by atoms with Crippen LogP contribution in [0.5, 0.6) is 5.75 Å². The van der Waals surface area contributed by atoms with Crippen molar-refractivity contribution in [3.63, 3.8) is 0 Å². The number of aromatic nitrogens is 1. The summed E-state index contributed by atoms with van der Waals surface area (Å²) in [5.41, 5.74) is 0.0636. The molecule has 26 heavy (non-hydrogen) atoms. The van der Waals surface area contributed by atoms with Gasteiger partial charge in [0.1, 0.15) is 18.2 Å². The third kappa shape index (κ3) is 4.59. The topological polar surface area (TPSA) is 105 Å². The molecule has 1 aliphatic carbocycles. The predicted molar refractivity (Wildman–Crippen MR) is 89.0 cm³/mol. The summed E-state index contributed by atoms with van der Waals surface area (Å²) < 4.78 is 23.4. The van der Waals surface area contributed by atoms with E-state index in [9.17, 15) is 19.4 Å². The van der Waals surface area contributed by atoms with Crippen molar-refractivity contribution in [3.8, 4) is 5.75 Å². The van der Waals surface area contributed by atoms with E-state index in [4.69, 9.17) is 9.26 Å². The van der Waals surface area contributed by atoms with Gasteiger partial charge in [0.15, 0.2) is 11.5 Å². The summed E-state index contributed by atoms with van der Waals surface area (Å²) in [7, 11) is 0. The average Bonchev–Trinajstić information content (AvgIpc) is 3.06. The standard InChI is InChI=1S/C18H21FN2O5/c19-11-5-7-12(8-6-11)25-10-13-9-15(21-26-13)18(24)20-14-3-1-2-4-16(22)17(14)23/h5-9,14,16-17,22-23H,1-4,10H2,(H,20,24)/t14-,16-,17-/m1/s1. The average molecular weight is 364 g/mol. The second-order valence-corrected chi connectivity index (χ2v) is 6.34. The smallest absolute Gasteiger partial charge is 0.273 e. The van der Waals surface area contributed by atoms with Crippen LogP contribution in [0.2, 0.25) is 0 Å². The van der Waals surface area contributed by atoms with Crippen LogP contribution < -0.4 is 10.1 Å². The quantitative estimate of drug-likeness (QED) is 0.699. The Kier molecular flexibility index (Phi) is 5.85. The Bertz CT molecular complexity index is 733. The van der Waals surface area contributed by atoms with Crippen molar-refractivity contribution in [1.82, 2.24) is 10.5 Å². The molecule has 0 radical (unpaired) electrons. The van der Waals surface area contributed by atoms with Gasteiger partial charge in [-0.1, -0.05) is 18.0 Å². The summed E-state index contributed by atoms with van der Waals surface area (Å²) >= 11 is 0. The zero-order valence-electron chi connectivity index (χ0n) is 14.1. The van der Waals surface area contributed by atoms with Crippen LogP contribution >= 0.6 is 0 Å². The van der Waals surface area contributed by atoms with Gasteiger partial charge in [-0.05, 0) is 37.1 Å². The fourth-order valence-corrected chi connectivity index (χ4v) is 2.90. The third-order valence-corrected chi connectivity index (χ3v) is 4.37. The number of amides is 1. The first-order chi connectivity index (χ1) is 12.5. The summed E-state index contributed by atoms with van der Waals surface area (Å²) in [5.74, 6) is -0.0491. The van der Waals surface area contributed by atoms with E-state index in [1.807, 2.05) is 0 Å². The number of ether oxygens (including phenoxy) is 1. The molecule has 0 aliphatic heterocycles. The molecule has 1 amide bonds. The van der Waals surface area contributed by atoms with Gasteiger partial charge in [0, 0.05) is 6.07 Å². The minimum absolute atomic E-state index is 0.0384. The predicted octanol–water partition coefficient (Wildman–Crippen LogP) is 1.79. The number of aliphatic hydroxyl groups excluding tert-OH is 2. The Balaban J connectivity index is 1.56. The lowest BCUT2D eigenvalue weighted by Gasteiger charge is -2.24. The molecule has 1 saturated carbocycles. The molecule has 0 spiro atoms. The van der Waals surface area contributed by atoms with Crippen molar-refractivity contribution < 1.29 is 28.7 Å². The molecule has 0 unspecified atom stereocenters. The first kappa shape index (κ1) is 18.3. The van der Waals surface area contributed by atoms with Gasteiger partial charge in [-0.25, -0.2) is 4.39 Å². The highest BCUT2D eigenvalue weighted by atomic mass is 19.1. The SMILES string of the molecule is O=C(N[C@@H]1CCCC[C@@H](O)[C@@H]1O)c1cc(COc2ccc(F)cc2)on1. The molecule has 0 bridgehead atoms. The van der Waals surface area contributed by atoms with E-state index in [1.54, 1.807) is 0 Å². The van der Waals surface area contributed by atoms with E-state index in [0.29, 0.717) is 24.4 Å². The van der Waals surface area contributed by atoms with Crippen LogP contribution in [-0.4, -0.2) is 39.5 Å². The number of benzene rings is 1. The van der Waals surface area contributed by atoms with Gasteiger partial charge in [-0.3, -0.25) is 4.79 Å². The highest BCUT2D eigenvalue weighted by molar-refractivity contribution is 5.92. The lowest BCUT2D eigenvalue weighted by Crippen LogP contribution is -2.47. The number of carbonyl (C=O) groups is 1. The van der Waals surface area contributed by atoms with E-state index in [0.717, 1.165) is 12.8 Å². The highest BCUT2D eigenvalue weighted by Crippen LogP contribution is 2.19. The van der Waals surface area contributed by atoms with Gasteiger partial charge >= 0.3 is 0 Å². The van der Waals surface area contributed by atoms with Gasteiger partial charge in [0.25, 0.3) is 5.91 Å². The lowest BCUT2D eigenvalue weighted by molar-refractivity contribution is -0.00131. The fraction of sp³-hybridized carbons (Fsp3) is 0.444. The second kappa shape index (κ2) is 8.29. The lowest BCUT2D eigenvalue weighted by atomic mass is 10.0. The van der Waals surface area contributed by atoms with Gasteiger partial charge in [0.05, 0.1) is 18.2 Å². The van der Waals surface area contributed by atoms with Gasteiger partial charge < -0.3 is 24.8 Å². The molecule has 1 aromatic carbocycles. The Labute approximate surface area is 149 Å². The molecule has 3 atom stereocenters. The number of halogens is 1. The Morgan fingerprint density at radius 2 is 2.00 bits per heavy atom. The van der Waals surface area contributed by atoms with Gasteiger partial charge in [0.2, 0.25) is 0 Å². The molecule has 7 nitrogen and oxygen atoms in total. The molecular formula is C18H21FN2O5. The van der Waals surface area contributed by atoms with Crippen molar-refractivity contribution >= 4 is 5.91 Å². The van der Waals surface area contributed by atoms with Crippen molar-refractivity contribution in [3.05, 3.63) is 47.6 Å². The summed E-state index contributed by atoms with van der Waals surface area (Å²) in [6.45, 7) is 0.0384. The molecular weight excluding hydrogens is 343 g/mol. The summed E-state index contributed by atoms with van der Waals surface area (Å²) in [6.07, 6.45) is 0.869. The van der Waals surface area contributed by atoms with E-state index in [-0.39, 0.29) is 18.1 Å². The Morgan fingerprint density at radius 1 is 1.27 bits per heavy atom. The molecule has 1 heterocycles. The van der Waals surface area contributed by atoms with E-state index >= 15 is 0 Å². The molecule has 1 aromatic heterocycles. The molecule has 8 heteroatoms. The minimum Gasteiger partial charge on any atom is -0.486 e. The van der Waals surface area contributed by atoms with Crippen LogP contribution in [0.15, 0.2) is 34.9 Å². The minimum atomic E-state index is -1.00. The van der Waals surface area contributed by atoms with E-state index in [2.05, 4.69) is 10.5 Å². The Hall–Kier alpha value is -2.45. The normalized spacial score (nSPS) is 23.3. The highest BCUT2D eigenvalue weighted by Gasteiger charge is 2.30. The monoisotopic (exact) mass is 364 g/mol. The zero-order chi connectivity index (χ0) is 18.5. The number of nitrogens with zero attached hydrogens (tertiary/aromatic N) is 1. The number of aliphatic hydroxyl groups is 2. The largest absolute Gasteiger partial charge is 0.486 e. The molecule has 1 fully saturated rings.